The molecule has 0 spiro atoms. The molecule has 1 aromatic carbocycles. The fourth-order valence-corrected chi connectivity index (χ4v) is 2.55. The van der Waals surface area contributed by atoms with Crippen molar-refractivity contribution in [2.24, 2.45) is 5.92 Å². The van der Waals surface area contributed by atoms with Crippen molar-refractivity contribution < 1.29 is 14.6 Å². The highest BCUT2D eigenvalue weighted by Gasteiger charge is 2.25. The number of likely N-dealkylation sites (tertiary alicyclic amines) is 1. The Hall–Kier alpha value is -1.75. The van der Waals surface area contributed by atoms with Gasteiger partial charge in [-0.3, -0.25) is 0 Å². The number of carbonyl (C=O) groups excluding carboxylic acids is 1. The SMILES string of the molecule is CCOc1cc(C)ccc1CNC(=O)N1CCC(CO)C1. The number of carbonyl (C=O) groups is 1. The normalized spacial score (nSPS) is 17.9. The summed E-state index contributed by atoms with van der Waals surface area (Å²) in [6, 6.07) is 5.92. The van der Waals surface area contributed by atoms with E-state index in [0.29, 0.717) is 26.2 Å². The second-order valence-electron chi connectivity index (χ2n) is 5.49. The molecule has 5 heteroatoms. The van der Waals surface area contributed by atoms with Crippen LogP contribution in [-0.2, 0) is 6.54 Å². The van der Waals surface area contributed by atoms with Crippen LogP contribution < -0.4 is 10.1 Å². The molecule has 1 atom stereocenters. The highest BCUT2D eigenvalue weighted by molar-refractivity contribution is 5.74. The number of nitrogens with zero attached hydrogens (tertiary/aromatic N) is 1. The number of aliphatic hydroxyl groups excluding tert-OH is 1. The van der Waals surface area contributed by atoms with E-state index < -0.39 is 0 Å². The summed E-state index contributed by atoms with van der Waals surface area (Å²) < 4.78 is 5.61. The Balaban J connectivity index is 1.92. The van der Waals surface area contributed by atoms with Crippen LogP contribution in [0.1, 0.15) is 24.5 Å². The zero-order chi connectivity index (χ0) is 15.2. The van der Waals surface area contributed by atoms with E-state index in [1.807, 2.05) is 32.0 Å². The van der Waals surface area contributed by atoms with Crippen molar-refractivity contribution >= 4 is 6.03 Å². The molecule has 1 aliphatic rings. The number of amides is 2. The largest absolute Gasteiger partial charge is 0.494 e. The number of hydrogen-bond acceptors (Lipinski definition) is 3. The molecule has 21 heavy (non-hydrogen) atoms. The number of aryl methyl sites for hydroxylation is 1. The van der Waals surface area contributed by atoms with Gasteiger partial charge in [-0.15, -0.1) is 0 Å². The minimum absolute atomic E-state index is 0.0750. The molecule has 1 heterocycles. The Morgan fingerprint density at radius 2 is 2.33 bits per heavy atom. The van der Waals surface area contributed by atoms with Gasteiger partial charge in [-0.25, -0.2) is 4.79 Å². The Bertz CT molecular complexity index is 490. The minimum Gasteiger partial charge on any atom is -0.494 e. The lowest BCUT2D eigenvalue weighted by molar-refractivity contribution is 0.198. The number of rotatable bonds is 5. The van der Waals surface area contributed by atoms with Crippen LogP contribution in [0.5, 0.6) is 5.75 Å². The van der Waals surface area contributed by atoms with Gasteiger partial charge in [-0.1, -0.05) is 12.1 Å². The molecule has 5 nitrogen and oxygen atoms in total. The number of benzene rings is 1. The van der Waals surface area contributed by atoms with E-state index in [2.05, 4.69) is 5.32 Å². The lowest BCUT2D eigenvalue weighted by Crippen LogP contribution is -2.38. The lowest BCUT2D eigenvalue weighted by Gasteiger charge is -2.18. The van der Waals surface area contributed by atoms with Gasteiger partial charge in [-0.05, 0) is 31.9 Å². The maximum absolute atomic E-state index is 12.1. The van der Waals surface area contributed by atoms with Gasteiger partial charge in [0.05, 0.1) is 6.61 Å². The average Bonchev–Trinajstić information content (AvgIpc) is 2.95. The molecule has 1 saturated heterocycles. The highest BCUT2D eigenvalue weighted by Crippen LogP contribution is 2.21. The number of aliphatic hydroxyl groups is 1. The fourth-order valence-electron chi connectivity index (χ4n) is 2.55. The average molecular weight is 292 g/mol. The summed E-state index contributed by atoms with van der Waals surface area (Å²) in [5.74, 6) is 1.04. The molecule has 1 unspecified atom stereocenters. The molecule has 0 bridgehead atoms. The number of urea groups is 1. The van der Waals surface area contributed by atoms with Gasteiger partial charge in [0, 0.05) is 37.7 Å². The van der Waals surface area contributed by atoms with Gasteiger partial charge in [-0.2, -0.15) is 0 Å². The third-order valence-corrected chi connectivity index (χ3v) is 3.78. The molecular weight excluding hydrogens is 268 g/mol. The van der Waals surface area contributed by atoms with Crippen LogP contribution in [0.25, 0.3) is 0 Å². The fraction of sp³-hybridized carbons (Fsp3) is 0.562. The summed E-state index contributed by atoms with van der Waals surface area (Å²) >= 11 is 0. The van der Waals surface area contributed by atoms with E-state index >= 15 is 0 Å². The molecular formula is C16H24N2O3. The zero-order valence-electron chi connectivity index (χ0n) is 12.8. The first-order valence-corrected chi connectivity index (χ1v) is 7.50. The molecule has 2 N–H and O–H groups in total. The van der Waals surface area contributed by atoms with Crippen LogP contribution in [0.2, 0.25) is 0 Å². The summed E-state index contributed by atoms with van der Waals surface area (Å²) in [4.78, 5) is 13.9. The first-order chi connectivity index (χ1) is 10.1. The molecule has 2 rings (SSSR count). The second kappa shape index (κ2) is 7.31. The van der Waals surface area contributed by atoms with E-state index in [1.165, 1.54) is 0 Å². The molecule has 1 aromatic rings. The molecule has 0 aliphatic carbocycles. The van der Waals surface area contributed by atoms with E-state index in [-0.39, 0.29) is 18.6 Å². The molecule has 116 valence electrons. The third-order valence-electron chi connectivity index (χ3n) is 3.78. The summed E-state index contributed by atoms with van der Waals surface area (Å²) in [5.41, 5.74) is 2.12. The van der Waals surface area contributed by atoms with Crippen molar-refractivity contribution in [3.8, 4) is 5.75 Å². The maximum atomic E-state index is 12.1. The van der Waals surface area contributed by atoms with E-state index in [0.717, 1.165) is 23.3 Å². The number of nitrogens with one attached hydrogen (secondary N) is 1. The second-order valence-corrected chi connectivity index (χ2v) is 5.49. The van der Waals surface area contributed by atoms with Crippen molar-refractivity contribution in [3.05, 3.63) is 29.3 Å². The predicted molar refractivity (Wildman–Crippen MR) is 81.3 cm³/mol. The maximum Gasteiger partial charge on any atom is 0.317 e. The number of ether oxygens (including phenoxy) is 1. The summed E-state index contributed by atoms with van der Waals surface area (Å²) in [7, 11) is 0. The van der Waals surface area contributed by atoms with E-state index in [4.69, 9.17) is 9.84 Å². The van der Waals surface area contributed by atoms with Crippen LogP contribution in [0, 0.1) is 12.8 Å². The van der Waals surface area contributed by atoms with Crippen molar-refractivity contribution in [1.29, 1.82) is 0 Å². The Kier molecular flexibility index (Phi) is 5.44. The summed E-state index contributed by atoms with van der Waals surface area (Å²) in [6.07, 6.45) is 0.874. The molecule has 0 radical (unpaired) electrons. The van der Waals surface area contributed by atoms with Crippen LogP contribution in [0.15, 0.2) is 18.2 Å². The first-order valence-electron chi connectivity index (χ1n) is 7.50. The lowest BCUT2D eigenvalue weighted by atomic mass is 10.1. The van der Waals surface area contributed by atoms with E-state index in [1.54, 1.807) is 4.90 Å². The number of hydrogen-bond donors (Lipinski definition) is 2. The molecule has 1 fully saturated rings. The summed E-state index contributed by atoms with van der Waals surface area (Å²) in [5, 5.41) is 12.0. The highest BCUT2D eigenvalue weighted by atomic mass is 16.5. The topological polar surface area (TPSA) is 61.8 Å². The zero-order valence-corrected chi connectivity index (χ0v) is 12.8. The van der Waals surface area contributed by atoms with Gasteiger partial charge < -0.3 is 20.1 Å². The van der Waals surface area contributed by atoms with Gasteiger partial charge in [0.15, 0.2) is 0 Å². The van der Waals surface area contributed by atoms with Crippen molar-refractivity contribution in [3.63, 3.8) is 0 Å². The van der Waals surface area contributed by atoms with Crippen LogP contribution in [-0.4, -0.2) is 42.3 Å². The summed E-state index contributed by atoms with van der Waals surface area (Å²) in [6.45, 7) is 6.52. The quantitative estimate of drug-likeness (QED) is 0.871. The molecule has 0 aromatic heterocycles. The van der Waals surface area contributed by atoms with Crippen molar-refractivity contribution in [2.45, 2.75) is 26.8 Å². The molecule has 2 amide bonds. The van der Waals surface area contributed by atoms with Crippen molar-refractivity contribution in [1.82, 2.24) is 10.2 Å². The smallest absolute Gasteiger partial charge is 0.317 e. The molecule has 0 saturated carbocycles. The van der Waals surface area contributed by atoms with Crippen LogP contribution in [0.3, 0.4) is 0 Å². The van der Waals surface area contributed by atoms with Gasteiger partial charge in [0.25, 0.3) is 0 Å². The third kappa shape index (κ3) is 4.11. The predicted octanol–water partition coefficient (Wildman–Crippen LogP) is 1.92. The Labute approximate surface area is 125 Å². The molecule has 1 aliphatic heterocycles. The minimum atomic E-state index is -0.0750. The standard InChI is InChI=1S/C16H24N2O3/c1-3-21-15-8-12(2)4-5-14(15)9-17-16(20)18-7-6-13(10-18)11-19/h4-5,8,13,19H,3,6-7,9-11H2,1-2H3,(H,17,20). The van der Waals surface area contributed by atoms with Crippen molar-refractivity contribution in [2.75, 3.05) is 26.3 Å². The van der Waals surface area contributed by atoms with Gasteiger partial charge in [0.1, 0.15) is 5.75 Å². The Morgan fingerprint density at radius 3 is 3.00 bits per heavy atom. The monoisotopic (exact) mass is 292 g/mol. The van der Waals surface area contributed by atoms with Gasteiger partial charge >= 0.3 is 6.03 Å². The van der Waals surface area contributed by atoms with Crippen LogP contribution >= 0.6 is 0 Å². The van der Waals surface area contributed by atoms with E-state index in [9.17, 15) is 4.79 Å². The van der Waals surface area contributed by atoms with Crippen LogP contribution in [0.4, 0.5) is 4.79 Å². The Morgan fingerprint density at radius 1 is 1.52 bits per heavy atom. The van der Waals surface area contributed by atoms with Gasteiger partial charge in [0.2, 0.25) is 0 Å². The first kappa shape index (κ1) is 15.6.